The van der Waals surface area contributed by atoms with Crippen LogP contribution in [0.5, 0.6) is 0 Å². The van der Waals surface area contributed by atoms with Crippen molar-refractivity contribution in [2.24, 2.45) is 11.1 Å². The maximum Gasteiger partial charge on any atom is 0.141 e. The van der Waals surface area contributed by atoms with E-state index in [1.165, 1.54) is 6.20 Å². The van der Waals surface area contributed by atoms with E-state index in [0.29, 0.717) is 0 Å². The first kappa shape index (κ1) is 12.5. The van der Waals surface area contributed by atoms with Gasteiger partial charge in [0.05, 0.1) is 6.20 Å². The van der Waals surface area contributed by atoms with Crippen molar-refractivity contribution in [3.8, 4) is 0 Å². The Bertz CT molecular complexity index is 373. The van der Waals surface area contributed by atoms with Crippen LogP contribution in [0.2, 0.25) is 0 Å². The highest BCUT2D eigenvalue weighted by Crippen LogP contribution is 2.29. The summed E-state index contributed by atoms with van der Waals surface area (Å²) >= 11 is 0. The molecule has 0 spiro atoms. The van der Waals surface area contributed by atoms with Crippen molar-refractivity contribution < 1.29 is 4.39 Å². The lowest BCUT2D eigenvalue weighted by molar-refractivity contribution is 0.119. The van der Waals surface area contributed by atoms with E-state index < -0.39 is 0 Å². The zero-order valence-corrected chi connectivity index (χ0v) is 10.3. The van der Waals surface area contributed by atoms with Crippen molar-refractivity contribution in [2.75, 3.05) is 19.6 Å². The fraction of sp³-hybridized carbons (Fsp3) is 0.615. The minimum Gasteiger partial charge on any atom is -0.330 e. The summed E-state index contributed by atoms with van der Waals surface area (Å²) in [6.07, 6.45) is 5.21. The third kappa shape index (κ3) is 3.23. The summed E-state index contributed by atoms with van der Waals surface area (Å²) in [6.45, 7) is 5.84. The van der Waals surface area contributed by atoms with Gasteiger partial charge in [0.2, 0.25) is 0 Å². The van der Waals surface area contributed by atoms with Crippen molar-refractivity contribution in [2.45, 2.75) is 26.3 Å². The minimum absolute atomic E-state index is 0.258. The molecular formula is C13H20FN3. The van der Waals surface area contributed by atoms with E-state index in [1.807, 2.05) is 0 Å². The molecule has 94 valence electrons. The molecule has 1 fully saturated rings. The molecule has 4 heteroatoms. The lowest BCUT2D eigenvalue weighted by Crippen LogP contribution is -2.41. The number of likely N-dealkylation sites (tertiary alicyclic amines) is 1. The van der Waals surface area contributed by atoms with Crippen LogP contribution in [0.1, 0.15) is 25.3 Å². The van der Waals surface area contributed by atoms with Crippen LogP contribution >= 0.6 is 0 Å². The number of halogens is 1. The Morgan fingerprint density at radius 1 is 1.41 bits per heavy atom. The van der Waals surface area contributed by atoms with Crippen LogP contribution in [-0.4, -0.2) is 29.5 Å². The Morgan fingerprint density at radius 3 is 2.71 bits per heavy atom. The Kier molecular flexibility index (Phi) is 3.74. The van der Waals surface area contributed by atoms with Crippen molar-refractivity contribution in [3.63, 3.8) is 0 Å². The number of nitrogens with two attached hydrogens (primary N) is 1. The Balaban J connectivity index is 1.90. The van der Waals surface area contributed by atoms with Gasteiger partial charge in [-0.3, -0.25) is 9.88 Å². The molecule has 0 bridgehead atoms. The van der Waals surface area contributed by atoms with Gasteiger partial charge in [-0.25, -0.2) is 4.39 Å². The topological polar surface area (TPSA) is 42.1 Å². The highest BCUT2D eigenvalue weighted by atomic mass is 19.1. The average molecular weight is 237 g/mol. The van der Waals surface area contributed by atoms with Gasteiger partial charge in [-0.1, -0.05) is 6.92 Å². The van der Waals surface area contributed by atoms with Crippen LogP contribution in [-0.2, 0) is 6.54 Å². The molecule has 2 rings (SSSR count). The van der Waals surface area contributed by atoms with Crippen LogP contribution in [0, 0.1) is 11.2 Å². The summed E-state index contributed by atoms with van der Waals surface area (Å²) in [5.41, 5.74) is 7.01. The number of rotatable bonds is 3. The van der Waals surface area contributed by atoms with E-state index in [9.17, 15) is 4.39 Å². The van der Waals surface area contributed by atoms with Gasteiger partial charge in [0.1, 0.15) is 5.82 Å². The highest BCUT2D eigenvalue weighted by Gasteiger charge is 2.28. The summed E-state index contributed by atoms with van der Waals surface area (Å²) in [4.78, 5) is 6.21. The van der Waals surface area contributed by atoms with Crippen molar-refractivity contribution in [1.82, 2.24) is 9.88 Å². The molecule has 1 aliphatic heterocycles. The maximum atomic E-state index is 13.0. The summed E-state index contributed by atoms with van der Waals surface area (Å²) in [5.74, 6) is -0.258. The second-order valence-electron chi connectivity index (χ2n) is 5.30. The fourth-order valence-corrected chi connectivity index (χ4v) is 2.26. The predicted molar refractivity (Wildman–Crippen MR) is 65.9 cm³/mol. The molecule has 0 aliphatic carbocycles. The Hall–Kier alpha value is -1.00. The number of aromatic nitrogens is 1. The van der Waals surface area contributed by atoms with Gasteiger partial charge in [-0.2, -0.15) is 0 Å². The molecule has 1 aromatic heterocycles. The summed E-state index contributed by atoms with van der Waals surface area (Å²) in [6, 6.07) is 1.56. The monoisotopic (exact) mass is 237 g/mol. The van der Waals surface area contributed by atoms with Gasteiger partial charge in [0.15, 0.2) is 0 Å². The second-order valence-corrected chi connectivity index (χ2v) is 5.30. The molecule has 0 radical (unpaired) electrons. The van der Waals surface area contributed by atoms with Gasteiger partial charge >= 0.3 is 0 Å². The molecule has 1 aliphatic rings. The van der Waals surface area contributed by atoms with E-state index in [2.05, 4.69) is 16.8 Å². The number of hydrogen-bond acceptors (Lipinski definition) is 3. The molecule has 2 heterocycles. The number of nitrogens with zero attached hydrogens (tertiary/aromatic N) is 2. The molecule has 0 unspecified atom stereocenters. The van der Waals surface area contributed by atoms with Crippen LogP contribution in [0.25, 0.3) is 0 Å². The zero-order chi connectivity index (χ0) is 12.3. The minimum atomic E-state index is -0.258. The predicted octanol–water partition coefficient (Wildman–Crippen LogP) is 1.78. The molecule has 0 atom stereocenters. The SMILES string of the molecule is CC1(CN)CCN(Cc2cncc(F)c2)CC1. The third-order valence-corrected chi connectivity index (χ3v) is 3.72. The summed E-state index contributed by atoms with van der Waals surface area (Å²) in [5, 5.41) is 0. The zero-order valence-electron chi connectivity index (χ0n) is 10.3. The molecule has 0 saturated carbocycles. The average Bonchev–Trinajstić information content (AvgIpc) is 2.33. The number of pyridine rings is 1. The van der Waals surface area contributed by atoms with Crippen molar-refractivity contribution in [1.29, 1.82) is 0 Å². The van der Waals surface area contributed by atoms with E-state index in [4.69, 9.17) is 5.73 Å². The lowest BCUT2D eigenvalue weighted by atomic mass is 9.80. The first-order valence-corrected chi connectivity index (χ1v) is 6.13. The van der Waals surface area contributed by atoms with Gasteiger partial charge < -0.3 is 5.73 Å². The number of piperidine rings is 1. The molecule has 3 nitrogen and oxygen atoms in total. The summed E-state index contributed by atoms with van der Waals surface area (Å²) < 4.78 is 13.0. The van der Waals surface area contributed by atoms with Gasteiger partial charge in [0.25, 0.3) is 0 Å². The smallest absolute Gasteiger partial charge is 0.141 e. The number of hydrogen-bond donors (Lipinski definition) is 1. The Morgan fingerprint density at radius 2 is 2.12 bits per heavy atom. The quantitative estimate of drug-likeness (QED) is 0.871. The van der Waals surface area contributed by atoms with Crippen LogP contribution < -0.4 is 5.73 Å². The van der Waals surface area contributed by atoms with Gasteiger partial charge in [-0.15, -0.1) is 0 Å². The molecule has 1 saturated heterocycles. The maximum absolute atomic E-state index is 13.0. The first-order valence-electron chi connectivity index (χ1n) is 6.13. The van der Waals surface area contributed by atoms with Crippen LogP contribution in [0.3, 0.4) is 0 Å². The largest absolute Gasteiger partial charge is 0.330 e. The van der Waals surface area contributed by atoms with Crippen molar-refractivity contribution in [3.05, 3.63) is 29.8 Å². The highest BCUT2D eigenvalue weighted by molar-refractivity contribution is 5.10. The lowest BCUT2D eigenvalue weighted by Gasteiger charge is -2.38. The molecule has 0 aromatic carbocycles. The van der Waals surface area contributed by atoms with Gasteiger partial charge in [0, 0.05) is 12.7 Å². The van der Waals surface area contributed by atoms with Gasteiger partial charge in [-0.05, 0) is 49.5 Å². The Labute approximate surface area is 102 Å². The van der Waals surface area contributed by atoms with Crippen molar-refractivity contribution >= 4 is 0 Å². The molecule has 0 amide bonds. The van der Waals surface area contributed by atoms with E-state index in [0.717, 1.165) is 44.6 Å². The standard InChI is InChI=1S/C13H20FN3/c1-13(10-15)2-4-17(5-3-13)9-11-6-12(14)8-16-7-11/h6-8H,2-5,9-10,15H2,1H3. The van der Waals surface area contributed by atoms with E-state index >= 15 is 0 Å². The van der Waals surface area contributed by atoms with E-state index in [1.54, 1.807) is 12.3 Å². The molecule has 2 N–H and O–H groups in total. The normalized spacial score (nSPS) is 20.4. The molecule has 1 aromatic rings. The first-order chi connectivity index (χ1) is 8.11. The third-order valence-electron chi connectivity index (χ3n) is 3.72. The van der Waals surface area contributed by atoms with E-state index in [-0.39, 0.29) is 11.2 Å². The van der Waals surface area contributed by atoms with Crippen LogP contribution in [0.4, 0.5) is 4.39 Å². The summed E-state index contributed by atoms with van der Waals surface area (Å²) in [7, 11) is 0. The fourth-order valence-electron chi connectivity index (χ4n) is 2.26. The van der Waals surface area contributed by atoms with Crippen LogP contribution in [0.15, 0.2) is 18.5 Å². The molecular weight excluding hydrogens is 217 g/mol. The molecule has 17 heavy (non-hydrogen) atoms. The second kappa shape index (κ2) is 5.10.